The highest BCUT2D eigenvalue weighted by Gasteiger charge is 2.36. The molecule has 262 valence electrons. The van der Waals surface area contributed by atoms with Crippen molar-refractivity contribution in [1.29, 1.82) is 0 Å². The second-order valence-corrected chi connectivity index (χ2v) is 22.6. The number of rotatable bonds is 12. The van der Waals surface area contributed by atoms with Crippen molar-refractivity contribution in [3.05, 3.63) is 12.2 Å². The summed E-state index contributed by atoms with van der Waals surface area (Å²) in [7, 11) is 0. The lowest BCUT2D eigenvalue weighted by Crippen LogP contribution is -2.29. The summed E-state index contributed by atoms with van der Waals surface area (Å²) in [6, 6.07) is 0. The molecule has 1 atom stereocenters. The summed E-state index contributed by atoms with van der Waals surface area (Å²) in [5, 5.41) is 0. The molecule has 45 heavy (non-hydrogen) atoms. The maximum absolute atomic E-state index is 12.0. The zero-order valence-corrected chi connectivity index (χ0v) is 32.4. The molecule has 2 aliphatic rings. The Morgan fingerprint density at radius 3 is 1.53 bits per heavy atom. The molecule has 0 N–H and O–H groups in total. The fourth-order valence-corrected chi connectivity index (χ4v) is 9.17. The van der Waals surface area contributed by atoms with Gasteiger partial charge in [-0.05, 0) is 51.3 Å². The van der Waals surface area contributed by atoms with Crippen LogP contribution in [0.4, 0.5) is 0 Å². The van der Waals surface area contributed by atoms with Crippen LogP contribution in [0.1, 0.15) is 61.8 Å². The molecule has 0 aromatic carbocycles. The molecule has 12 nitrogen and oxygen atoms in total. The lowest BCUT2D eigenvalue weighted by Gasteiger charge is -2.36. The van der Waals surface area contributed by atoms with Crippen LogP contribution in [-0.2, 0) is 79.8 Å². The maximum atomic E-state index is 12.0. The minimum atomic E-state index is -2.47. The Labute approximate surface area is 286 Å². The average Bonchev–Trinajstić information content (AvgIpc) is 2.95. The normalized spacial score (nSPS) is 19.8. The molecular weight excluding hydrogens is 707 g/mol. The molecule has 2 rings (SSSR count). The van der Waals surface area contributed by atoms with Crippen molar-refractivity contribution < 1.29 is 56.2 Å². The fourth-order valence-electron chi connectivity index (χ4n) is 2.84. The van der Waals surface area contributed by atoms with Gasteiger partial charge in [0, 0.05) is 28.7 Å². The first-order chi connectivity index (χ1) is 20.8. The number of carbonyl (C=O) groups is 4. The third-order valence-electron chi connectivity index (χ3n) is 5.16. The zero-order valence-electron chi connectivity index (χ0n) is 27.3. The monoisotopic (exact) mass is 754 g/mol. The van der Waals surface area contributed by atoms with Gasteiger partial charge in [-0.3, -0.25) is 9.59 Å². The van der Waals surface area contributed by atoms with Gasteiger partial charge in [0.05, 0.1) is 65.2 Å². The molecule has 0 aliphatic carbocycles. The zero-order chi connectivity index (χ0) is 34.7. The number of thiol groups is 1. The molecule has 0 amide bonds. The molecule has 2 heterocycles. The first-order valence-corrected chi connectivity index (χ1v) is 22.3. The quantitative estimate of drug-likeness (QED) is 0.0814. The van der Waals surface area contributed by atoms with E-state index in [1.165, 1.54) is 11.4 Å². The van der Waals surface area contributed by atoms with Crippen LogP contribution >= 0.6 is 35.0 Å². The Hall–Kier alpha value is -0.540. The summed E-state index contributed by atoms with van der Waals surface area (Å²) in [5.41, 5.74) is -4.57. The lowest BCUT2D eigenvalue weighted by atomic mass is 9.97. The van der Waals surface area contributed by atoms with E-state index in [2.05, 4.69) is 35.6 Å². The van der Waals surface area contributed by atoms with E-state index in [0.29, 0.717) is 45.4 Å². The van der Waals surface area contributed by atoms with Gasteiger partial charge >= 0.3 is 23.9 Å². The number of esters is 4. The molecule has 0 aromatic rings. The molecule has 0 bridgehead atoms. The standard InChI is InChI=1S/C14H25O6PS2.C8H12O4.C5H11O2PS2/c1-5-17-12(15)7-11(13(16)18-6-2)8-23-21(22)19-9-14(3,4)10-20-21;1-3-11-7(9)5-6-8(10)12-4-2;1-5(2)3-6-8(9,10)7-4-5/h11H,5-10H2,1-4H3;5-6H,3-4H2,1-2H3;3-4H2,1-2H3,(H,9,10)/b;6-5-;. The average molecular weight is 755 g/mol. The van der Waals surface area contributed by atoms with Gasteiger partial charge in [-0.15, -0.1) is 0 Å². The highest BCUT2D eigenvalue weighted by Crippen LogP contribution is 2.64. The Kier molecular flexibility index (Phi) is 21.9. The van der Waals surface area contributed by atoms with E-state index in [1.807, 2.05) is 13.8 Å². The molecule has 1 unspecified atom stereocenters. The Bertz CT molecular complexity index is 1040. The molecule has 0 saturated carbocycles. The minimum Gasteiger partial charge on any atom is -0.466 e. The van der Waals surface area contributed by atoms with Crippen molar-refractivity contribution >= 4 is 82.5 Å². The van der Waals surface area contributed by atoms with Crippen LogP contribution in [0.5, 0.6) is 0 Å². The van der Waals surface area contributed by atoms with Crippen LogP contribution in [0.2, 0.25) is 0 Å². The SMILES string of the molecule is CC1(C)COP(=S)(S)OC1.CCOC(=O)/C=C\C(=O)OCC.CCOC(=O)CC(CSP1(=S)OCC(C)(C)CO1)C(=O)OCC. The third kappa shape index (κ3) is 21.9. The topological polar surface area (TPSA) is 142 Å². The van der Waals surface area contributed by atoms with Crippen LogP contribution in [0.15, 0.2) is 12.2 Å². The van der Waals surface area contributed by atoms with Crippen LogP contribution in [-0.4, -0.2) is 82.5 Å². The van der Waals surface area contributed by atoms with Gasteiger partial charge in [0.2, 0.25) is 11.4 Å². The van der Waals surface area contributed by atoms with Crippen molar-refractivity contribution in [3.8, 4) is 0 Å². The first-order valence-electron chi connectivity index (χ1n) is 14.3. The van der Waals surface area contributed by atoms with Crippen LogP contribution in [0, 0.1) is 16.7 Å². The molecule has 0 spiro atoms. The van der Waals surface area contributed by atoms with Crippen molar-refractivity contribution in [3.63, 3.8) is 0 Å². The van der Waals surface area contributed by atoms with Crippen molar-refractivity contribution in [1.82, 2.24) is 0 Å². The Morgan fingerprint density at radius 2 is 1.16 bits per heavy atom. The molecule has 2 fully saturated rings. The lowest BCUT2D eigenvalue weighted by molar-refractivity contribution is -0.153. The Balaban J connectivity index is 0.000000732. The molecule has 0 aromatic heterocycles. The van der Waals surface area contributed by atoms with E-state index in [-0.39, 0.29) is 30.5 Å². The molecule has 0 radical (unpaired) electrons. The summed E-state index contributed by atoms with van der Waals surface area (Å²) in [4.78, 5) is 44.9. The van der Waals surface area contributed by atoms with Gasteiger partial charge in [0.25, 0.3) is 0 Å². The van der Waals surface area contributed by atoms with Gasteiger partial charge < -0.3 is 37.0 Å². The number of hydrogen-bond acceptors (Lipinski definition) is 15. The van der Waals surface area contributed by atoms with Gasteiger partial charge in [-0.1, -0.05) is 51.3 Å². The van der Waals surface area contributed by atoms with Crippen molar-refractivity contribution in [2.75, 3.05) is 58.6 Å². The van der Waals surface area contributed by atoms with Gasteiger partial charge in [-0.2, -0.15) is 0 Å². The van der Waals surface area contributed by atoms with Gasteiger partial charge in [0.1, 0.15) is 0 Å². The van der Waals surface area contributed by atoms with Gasteiger partial charge in [-0.25, -0.2) is 9.59 Å². The smallest absolute Gasteiger partial charge is 0.330 e. The van der Waals surface area contributed by atoms with E-state index < -0.39 is 41.2 Å². The number of carbonyl (C=O) groups excluding carboxylic acids is 4. The Morgan fingerprint density at radius 1 is 0.756 bits per heavy atom. The predicted molar refractivity (Wildman–Crippen MR) is 185 cm³/mol. The molecule has 2 aliphatic heterocycles. The second kappa shape index (κ2) is 22.2. The second-order valence-electron chi connectivity index (χ2n) is 10.9. The molecule has 2 saturated heterocycles. The highest BCUT2D eigenvalue weighted by atomic mass is 32.9. The summed E-state index contributed by atoms with van der Waals surface area (Å²) in [6.07, 6.45) is 2.06. The largest absolute Gasteiger partial charge is 0.466 e. The van der Waals surface area contributed by atoms with Crippen LogP contribution < -0.4 is 0 Å². The maximum Gasteiger partial charge on any atom is 0.330 e. The van der Waals surface area contributed by atoms with E-state index in [4.69, 9.17) is 51.2 Å². The number of hydrogen-bond donors (Lipinski definition) is 1. The van der Waals surface area contributed by atoms with Gasteiger partial charge in [0.15, 0.2) is 0 Å². The van der Waals surface area contributed by atoms with E-state index in [0.717, 1.165) is 12.2 Å². The predicted octanol–water partition coefficient (Wildman–Crippen LogP) is 6.03. The molecular formula is C27H48O12P2S4. The summed E-state index contributed by atoms with van der Waals surface area (Å²) >= 11 is 15.8. The summed E-state index contributed by atoms with van der Waals surface area (Å²) in [5.74, 6) is -2.21. The van der Waals surface area contributed by atoms with Crippen molar-refractivity contribution in [2.24, 2.45) is 16.7 Å². The van der Waals surface area contributed by atoms with Crippen LogP contribution in [0.3, 0.4) is 0 Å². The molecule has 18 heteroatoms. The highest BCUT2D eigenvalue weighted by molar-refractivity contribution is 8.67. The van der Waals surface area contributed by atoms with Crippen molar-refractivity contribution in [2.45, 2.75) is 61.8 Å². The summed E-state index contributed by atoms with van der Waals surface area (Å²) < 4.78 is 40.9. The van der Waals surface area contributed by atoms with E-state index in [1.54, 1.807) is 27.7 Å². The minimum absolute atomic E-state index is 0.0273. The summed E-state index contributed by atoms with van der Waals surface area (Å²) in [6.45, 7) is 18.6. The fraction of sp³-hybridized carbons (Fsp3) is 0.778. The van der Waals surface area contributed by atoms with Crippen LogP contribution in [0.25, 0.3) is 0 Å². The number of ether oxygens (including phenoxy) is 4. The third-order valence-corrected chi connectivity index (χ3v) is 12.8. The van der Waals surface area contributed by atoms with E-state index in [9.17, 15) is 19.2 Å². The van der Waals surface area contributed by atoms with E-state index >= 15 is 0 Å². The first kappa shape index (κ1) is 44.5.